The minimum Gasteiger partial charge on any atom is -0.388 e. The molecule has 2 unspecified atom stereocenters. The number of rotatable bonds is 5. The monoisotopic (exact) mass is 344 g/mol. The third-order valence-electron chi connectivity index (χ3n) is 4.21. The minimum absolute atomic E-state index is 0. The van der Waals surface area contributed by atoms with E-state index in [4.69, 9.17) is 0 Å². The SMILES string of the molecule is CC(CC(O)c1ccc(F)cc1)NC(=O)[C@H]1CCN[C@@H](C)C1.Cl. The predicted molar refractivity (Wildman–Crippen MR) is 91.0 cm³/mol. The van der Waals surface area contributed by atoms with Gasteiger partial charge in [0.25, 0.3) is 0 Å². The quantitative estimate of drug-likeness (QED) is 0.769. The first-order valence-corrected chi connectivity index (χ1v) is 7.93. The van der Waals surface area contributed by atoms with Gasteiger partial charge in [0.2, 0.25) is 5.91 Å². The molecule has 1 amide bonds. The van der Waals surface area contributed by atoms with Gasteiger partial charge in [0.15, 0.2) is 0 Å². The molecule has 0 aliphatic carbocycles. The van der Waals surface area contributed by atoms with Crippen LogP contribution in [0.15, 0.2) is 24.3 Å². The highest BCUT2D eigenvalue weighted by molar-refractivity contribution is 5.85. The molecular weight excluding hydrogens is 319 g/mol. The molecule has 1 aromatic rings. The Morgan fingerprint density at radius 2 is 2.09 bits per heavy atom. The lowest BCUT2D eigenvalue weighted by molar-refractivity contribution is -0.126. The largest absolute Gasteiger partial charge is 0.388 e. The number of piperidine rings is 1. The van der Waals surface area contributed by atoms with Crippen LogP contribution in [0.2, 0.25) is 0 Å². The van der Waals surface area contributed by atoms with Crippen molar-refractivity contribution in [3.63, 3.8) is 0 Å². The van der Waals surface area contributed by atoms with Crippen molar-refractivity contribution < 1.29 is 14.3 Å². The predicted octanol–water partition coefficient (Wildman–Crippen LogP) is 2.56. The standard InChI is InChI=1S/C17H25FN2O2.ClH/c1-11-9-14(7-8-19-11)17(22)20-12(2)10-16(21)13-3-5-15(18)6-4-13;/h3-6,11-12,14,16,19,21H,7-10H2,1-2H3,(H,20,22);1H/t11-,12?,14-,16?;/m0./s1. The van der Waals surface area contributed by atoms with E-state index in [1.807, 2.05) is 6.92 Å². The lowest BCUT2D eigenvalue weighted by atomic mass is 9.92. The number of carbonyl (C=O) groups is 1. The van der Waals surface area contributed by atoms with Crippen molar-refractivity contribution in [2.45, 2.75) is 51.3 Å². The Morgan fingerprint density at radius 3 is 2.70 bits per heavy atom. The van der Waals surface area contributed by atoms with Crippen LogP contribution in [0.4, 0.5) is 4.39 Å². The van der Waals surface area contributed by atoms with E-state index in [2.05, 4.69) is 17.6 Å². The Balaban J connectivity index is 0.00000264. The average molecular weight is 345 g/mol. The van der Waals surface area contributed by atoms with Crippen LogP contribution in [0.1, 0.15) is 44.8 Å². The van der Waals surface area contributed by atoms with E-state index in [9.17, 15) is 14.3 Å². The van der Waals surface area contributed by atoms with Gasteiger partial charge < -0.3 is 15.7 Å². The van der Waals surface area contributed by atoms with Gasteiger partial charge >= 0.3 is 0 Å². The molecule has 1 aliphatic heterocycles. The fourth-order valence-electron chi connectivity index (χ4n) is 2.95. The Labute approximate surface area is 143 Å². The summed E-state index contributed by atoms with van der Waals surface area (Å²) in [5.74, 6) is -0.217. The number of halogens is 2. The third-order valence-corrected chi connectivity index (χ3v) is 4.21. The number of nitrogens with one attached hydrogen (secondary N) is 2. The molecule has 23 heavy (non-hydrogen) atoms. The summed E-state index contributed by atoms with van der Waals surface area (Å²) in [5.41, 5.74) is 0.665. The minimum atomic E-state index is -0.706. The summed E-state index contributed by atoms with van der Waals surface area (Å²) in [5, 5.41) is 16.5. The van der Waals surface area contributed by atoms with Crippen LogP contribution in [-0.4, -0.2) is 29.6 Å². The normalized spacial score (nSPS) is 23.5. The maximum absolute atomic E-state index is 12.9. The van der Waals surface area contributed by atoms with E-state index in [0.29, 0.717) is 18.0 Å². The zero-order chi connectivity index (χ0) is 16.1. The molecule has 1 saturated heterocycles. The molecule has 4 atom stereocenters. The molecule has 2 rings (SSSR count). The Bertz CT molecular complexity index is 498. The second-order valence-corrected chi connectivity index (χ2v) is 6.29. The molecule has 130 valence electrons. The number of hydrogen-bond acceptors (Lipinski definition) is 3. The van der Waals surface area contributed by atoms with E-state index in [1.165, 1.54) is 12.1 Å². The van der Waals surface area contributed by atoms with Gasteiger partial charge in [-0.25, -0.2) is 4.39 Å². The van der Waals surface area contributed by atoms with Gasteiger partial charge in [-0.15, -0.1) is 12.4 Å². The van der Waals surface area contributed by atoms with Gasteiger partial charge in [-0.2, -0.15) is 0 Å². The van der Waals surface area contributed by atoms with E-state index in [-0.39, 0.29) is 36.1 Å². The molecule has 3 N–H and O–H groups in total. The number of benzene rings is 1. The second-order valence-electron chi connectivity index (χ2n) is 6.29. The summed E-state index contributed by atoms with van der Waals surface area (Å²) < 4.78 is 12.9. The molecule has 0 radical (unpaired) electrons. The molecule has 1 aliphatic rings. The topological polar surface area (TPSA) is 61.4 Å². The molecule has 6 heteroatoms. The van der Waals surface area contributed by atoms with Crippen LogP contribution in [0.3, 0.4) is 0 Å². The van der Waals surface area contributed by atoms with Crippen molar-refractivity contribution in [2.75, 3.05) is 6.54 Å². The summed E-state index contributed by atoms with van der Waals surface area (Å²) >= 11 is 0. The lowest BCUT2D eigenvalue weighted by Crippen LogP contribution is -2.44. The number of carbonyl (C=O) groups excluding carboxylic acids is 1. The van der Waals surface area contributed by atoms with Crippen LogP contribution in [0, 0.1) is 11.7 Å². The van der Waals surface area contributed by atoms with Crippen molar-refractivity contribution in [2.24, 2.45) is 5.92 Å². The second kappa shape index (κ2) is 9.21. The maximum atomic E-state index is 12.9. The van der Waals surface area contributed by atoms with Crippen LogP contribution in [-0.2, 0) is 4.79 Å². The number of aliphatic hydroxyl groups excluding tert-OH is 1. The van der Waals surface area contributed by atoms with E-state index in [1.54, 1.807) is 12.1 Å². The van der Waals surface area contributed by atoms with Crippen LogP contribution in [0.25, 0.3) is 0 Å². The van der Waals surface area contributed by atoms with Crippen molar-refractivity contribution in [3.05, 3.63) is 35.6 Å². The van der Waals surface area contributed by atoms with E-state index >= 15 is 0 Å². The van der Waals surface area contributed by atoms with Crippen LogP contribution in [0.5, 0.6) is 0 Å². The summed E-state index contributed by atoms with van der Waals surface area (Å²) in [7, 11) is 0. The molecule has 0 aromatic heterocycles. The Kier molecular flexibility index (Phi) is 7.95. The highest BCUT2D eigenvalue weighted by Crippen LogP contribution is 2.20. The van der Waals surface area contributed by atoms with Gasteiger partial charge in [-0.1, -0.05) is 12.1 Å². The summed E-state index contributed by atoms with van der Waals surface area (Å²) in [6.07, 6.45) is 1.41. The van der Waals surface area contributed by atoms with E-state index in [0.717, 1.165) is 19.4 Å². The smallest absolute Gasteiger partial charge is 0.223 e. The van der Waals surface area contributed by atoms with Crippen molar-refractivity contribution >= 4 is 18.3 Å². The summed E-state index contributed by atoms with van der Waals surface area (Å²) in [6, 6.07) is 6.05. The zero-order valence-electron chi connectivity index (χ0n) is 13.6. The average Bonchev–Trinajstić information content (AvgIpc) is 2.47. The van der Waals surface area contributed by atoms with Crippen molar-refractivity contribution in [1.82, 2.24) is 10.6 Å². The molecule has 0 spiro atoms. The van der Waals surface area contributed by atoms with E-state index < -0.39 is 6.10 Å². The summed E-state index contributed by atoms with van der Waals surface area (Å²) in [4.78, 5) is 12.2. The van der Waals surface area contributed by atoms with Crippen LogP contribution < -0.4 is 10.6 Å². The van der Waals surface area contributed by atoms with Gasteiger partial charge in [-0.3, -0.25) is 4.79 Å². The molecule has 1 heterocycles. The van der Waals surface area contributed by atoms with Gasteiger partial charge in [-0.05, 0) is 57.4 Å². The molecular formula is C17H26ClFN2O2. The first-order chi connectivity index (χ1) is 10.5. The molecule has 4 nitrogen and oxygen atoms in total. The lowest BCUT2D eigenvalue weighted by Gasteiger charge is -2.28. The molecule has 1 aromatic carbocycles. The first kappa shape index (κ1) is 19.9. The highest BCUT2D eigenvalue weighted by Gasteiger charge is 2.26. The number of hydrogen-bond donors (Lipinski definition) is 3. The Hall–Kier alpha value is -1.17. The zero-order valence-corrected chi connectivity index (χ0v) is 14.4. The fraction of sp³-hybridized carbons (Fsp3) is 0.588. The van der Waals surface area contributed by atoms with Crippen molar-refractivity contribution in [3.8, 4) is 0 Å². The highest BCUT2D eigenvalue weighted by atomic mass is 35.5. The molecule has 0 bridgehead atoms. The molecule has 0 saturated carbocycles. The van der Waals surface area contributed by atoms with Crippen LogP contribution >= 0.6 is 12.4 Å². The number of aliphatic hydroxyl groups is 1. The van der Waals surface area contributed by atoms with Gasteiger partial charge in [0.1, 0.15) is 5.82 Å². The number of amides is 1. The Morgan fingerprint density at radius 1 is 1.43 bits per heavy atom. The molecule has 1 fully saturated rings. The fourth-order valence-corrected chi connectivity index (χ4v) is 2.95. The van der Waals surface area contributed by atoms with Crippen molar-refractivity contribution in [1.29, 1.82) is 0 Å². The van der Waals surface area contributed by atoms with Gasteiger partial charge in [0.05, 0.1) is 6.10 Å². The van der Waals surface area contributed by atoms with Gasteiger partial charge in [0, 0.05) is 18.0 Å². The third kappa shape index (κ3) is 6.09. The first-order valence-electron chi connectivity index (χ1n) is 7.93. The maximum Gasteiger partial charge on any atom is 0.223 e. The summed E-state index contributed by atoms with van der Waals surface area (Å²) in [6.45, 7) is 4.84.